The molecule has 1 aromatic heterocycles. The SMILES string of the molecule is C.C.C.CC.CC.CC(=O)c1ccccc1.Cc1nc(N)nc(Cl)n1. The minimum Gasteiger partial charge on any atom is -0.368 e. The van der Waals surface area contributed by atoms with Crippen molar-refractivity contribution in [1.29, 1.82) is 0 Å². The maximum atomic E-state index is 10.6. The Morgan fingerprint density at radius 1 is 0.920 bits per heavy atom. The van der Waals surface area contributed by atoms with Gasteiger partial charge in [-0.2, -0.15) is 9.97 Å². The van der Waals surface area contributed by atoms with Gasteiger partial charge in [0.25, 0.3) is 0 Å². The standard InChI is InChI=1S/C8H8O.C4H5ClN4.2C2H6.3CH4/c1-7(9)8-5-3-2-4-6-8;1-2-7-3(5)9-4(6)8-2;2*1-2;;;/h2-6H,1H3;1H3,(H2,6,7,8,9);2*1-2H3;3*1H4. The molecule has 25 heavy (non-hydrogen) atoms. The second-order valence-electron chi connectivity index (χ2n) is 3.43. The van der Waals surface area contributed by atoms with Crippen LogP contribution in [0.5, 0.6) is 0 Å². The van der Waals surface area contributed by atoms with Gasteiger partial charge in [0, 0.05) is 5.56 Å². The highest BCUT2D eigenvalue weighted by molar-refractivity contribution is 6.28. The van der Waals surface area contributed by atoms with Crippen molar-refractivity contribution < 1.29 is 4.79 Å². The van der Waals surface area contributed by atoms with Crippen molar-refractivity contribution in [2.75, 3.05) is 5.73 Å². The number of halogens is 1. The van der Waals surface area contributed by atoms with Crippen molar-refractivity contribution in [3.05, 3.63) is 47.0 Å². The molecule has 2 aromatic rings. The molecule has 0 saturated heterocycles. The summed E-state index contributed by atoms with van der Waals surface area (Å²) in [6.45, 7) is 11.3. The summed E-state index contributed by atoms with van der Waals surface area (Å²) in [5, 5.41) is 0.139. The molecule has 0 aliphatic carbocycles. The minimum atomic E-state index is 0. The largest absolute Gasteiger partial charge is 0.368 e. The lowest BCUT2D eigenvalue weighted by Crippen LogP contribution is -1.98. The molecule has 0 saturated carbocycles. The second-order valence-corrected chi connectivity index (χ2v) is 3.77. The van der Waals surface area contributed by atoms with E-state index in [0.717, 1.165) is 5.56 Å². The fourth-order valence-electron chi connectivity index (χ4n) is 1.14. The van der Waals surface area contributed by atoms with Gasteiger partial charge in [0.05, 0.1) is 0 Å². The Morgan fingerprint density at radius 2 is 1.36 bits per heavy atom. The third-order valence-electron chi connectivity index (χ3n) is 1.92. The molecule has 1 aromatic carbocycles. The Bertz CT molecular complexity index is 484. The van der Waals surface area contributed by atoms with E-state index in [1.807, 2.05) is 58.0 Å². The van der Waals surface area contributed by atoms with Crippen LogP contribution in [0.1, 0.15) is 73.1 Å². The smallest absolute Gasteiger partial charge is 0.227 e. The molecule has 0 amide bonds. The fraction of sp³-hybridized carbons (Fsp3) is 0.474. The van der Waals surface area contributed by atoms with Gasteiger partial charge in [0.15, 0.2) is 5.78 Å². The Kier molecular flexibility index (Phi) is 30.2. The Balaban J connectivity index is -0.0000000808. The van der Waals surface area contributed by atoms with Crippen LogP contribution in [0.25, 0.3) is 0 Å². The van der Waals surface area contributed by atoms with Crippen LogP contribution in [0.3, 0.4) is 0 Å². The van der Waals surface area contributed by atoms with Crippen LogP contribution in [0, 0.1) is 6.92 Å². The fourth-order valence-corrected chi connectivity index (χ4v) is 1.35. The van der Waals surface area contributed by atoms with Crippen molar-refractivity contribution in [2.45, 2.75) is 63.8 Å². The molecule has 0 spiro atoms. The van der Waals surface area contributed by atoms with Gasteiger partial charge in [0.2, 0.25) is 11.2 Å². The lowest BCUT2D eigenvalue weighted by atomic mass is 10.2. The van der Waals surface area contributed by atoms with Crippen LogP contribution in [0.4, 0.5) is 5.95 Å². The molecule has 5 nitrogen and oxygen atoms in total. The van der Waals surface area contributed by atoms with Gasteiger partial charge < -0.3 is 5.73 Å². The zero-order chi connectivity index (χ0) is 17.5. The first-order chi connectivity index (χ1) is 10.5. The number of ketones is 1. The number of carbonyl (C=O) groups is 1. The summed E-state index contributed by atoms with van der Waals surface area (Å²) in [5.74, 6) is 0.815. The topological polar surface area (TPSA) is 81.8 Å². The zero-order valence-electron chi connectivity index (χ0n) is 14.1. The number of hydrogen-bond donors (Lipinski definition) is 1. The first-order valence-corrected chi connectivity index (χ1v) is 7.56. The number of aromatic nitrogens is 3. The average molecular weight is 373 g/mol. The molecule has 6 heteroatoms. The van der Waals surface area contributed by atoms with Gasteiger partial charge in [-0.15, -0.1) is 0 Å². The van der Waals surface area contributed by atoms with Crippen LogP contribution >= 0.6 is 11.6 Å². The molecule has 0 radical (unpaired) electrons. The molecule has 2 N–H and O–H groups in total. The highest BCUT2D eigenvalue weighted by Gasteiger charge is 1.94. The number of anilines is 1. The number of nitrogens with two attached hydrogens (primary N) is 1. The molecule has 0 aliphatic heterocycles. The van der Waals surface area contributed by atoms with Crippen LogP contribution < -0.4 is 5.73 Å². The van der Waals surface area contributed by atoms with E-state index in [9.17, 15) is 4.79 Å². The predicted octanol–water partition coefficient (Wildman–Crippen LogP) is 6.27. The van der Waals surface area contributed by atoms with Gasteiger partial charge in [-0.1, -0.05) is 80.3 Å². The number of Topliss-reactive ketones (excluding diaryl/α,β-unsaturated/α-hetero) is 1. The molecule has 0 aliphatic rings. The summed E-state index contributed by atoms with van der Waals surface area (Å²) in [5.41, 5.74) is 5.99. The molecule has 0 atom stereocenters. The van der Waals surface area contributed by atoms with E-state index in [-0.39, 0.29) is 39.3 Å². The van der Waals surface area contributed by atoms with Gasteiger partial charge in [0.1, 0.15) is 5.82 Å². The second kappa shape index (κ2) is 22.0. The van der Waals surface area contributed by atoms with Gasteiger partial charge in [-0.05, 0) is 25.4 Å². The molecule has 0 bridgehead atoms. The molecule has 0 fully saturated rings. The van der Waals surface area contributed by atoms with Crippen molar-refractivity contribution in [3.8, 4) is 0 Å². The highest BCUT2D eigenvalue weighted by atomic mass is 35.5. The summed E-state index contributed by atoms with van der Waals surface area (Å²) in [6, 6.07) is 9.23. The summed E-state index contributed by atoms with van der Waals surface area (Å²) in [6.07, 6.45) is 0. The molecule has 0 unspecified atom stereocenters. The molecule has 146 valence electrons. The Morgan fingerprint density at radius 3 is 1.64 bits per heavy atom. The van der Waals surface area contributed by atoms with Crippen LogP contribution in [-0.2, 0) is 0 Å². The molecule has 1 heterocycles. The minimum absolute atomic E-state index is 0. The quantitative estimate of drug-likeness (QED) is 0.596. The third kappa shape index (κ3) is 18.2. The monoisotopic (exact) mass is 372 g/mol. The highest BCUT2D eigenvalue weighted by Crippen LogP contribution is 2.00. The number of carbonyl (C=O) groups excluding carboxylic acids is 1. The van der Waals surface area contributed by atoms with Gasteiger partial charge >= 0.3 is 0 Å². The molecule has 2 rings (SSSR count). The van der Waals surface area contributed by atoms with E-state index >= 15 is 0 Å². The van der Waals surface area contributed by atoms with E-state index in [1.165, 1.54) is 0 Å². The van der Waals surface area contributed by atoms with Crippen molar-refractivity contribution >= 4 is 23.3 Å². The van der Waals surface area contributed by atoms with Gasteiger partial charge in [-0.25, -0.2) is 4.98 Å². The summed E-state index contributed by atoms with van der Waals surface area (Å²) >= 11 is 5.41. The predicted molar refractivity (Wildman–Crippen MR) is 113 cm³/mol. The first kappa shape index (κ1) is 34.4. The van der Waals surface area contributed by atoms with E-state index in [2.05, 4.69) is 15.0 Å². The average Bonchev–Trinajstić information content (AvgIpc) is 2.51. The van der Waals surface area contributed by atoms with Crippen LogP contribution in [0.15, 0.2) is 30.3 Å². The first-order valence-electron chi connectivity index (χ1n) is 7.18. The molecular weight excluding hydrogens is 336 g/mol. The van der Waals surface area contributed by atoms with E-state index < -0.39 is 0 Å². The van der Waals surface area contributed by atoms with Crippen molar-refractivity contribution in [3.63, 3.8) is 0 Å². The maximum Gasteiger partial charge on any atom is 0.227 e. The number of aryl methyl sites for hydroxylation is 1. The summed E-state index contributed by atoms with van der Waals surface area (Å²) in [7, 11) is 0. The van der Waals surface area contributed by atoms with E-state index in [4.69, 9.17) is 17.3 Å². The lowest BCUT2D eigenvalue weighted by Gasteiger charge is -1.92. The Hall–Kier alpha value is -2.01. The Labute approximate surface area is 160 Å². The number of hydrogen-bond acceptors (Lipinski definition) is 5. The van der Waals surface area contributed by atoms with E-state index in [1.54, 1.807) is 13.8 Å². The summed E-state index contributed by atoms with van der Waals surface area (Å²) < 4.78 is 0. The third-order valence-corrected chi connectivity index (χ3v) is 2.09. The lowest BCUT2D eigenvalue weighted by molar-refractivity contribution is 0.101. The number of nitrogens with zero attached hydrogens (tertiary/aromatic N) is 3. The van der Waals surface area contributed by atoms with Gasteiger partial charge in [-0.3, -0.25) is 4.79 Å². The zero-order valence-corrected chi connectivity index (χ0v) is 14.8. The molecular formula is C19H37ClN4O. The van der Waals surface area contributed by atoms with Crippen LogP contribution in [-0.4, -0.2) is 20.7 Å². The number of nitrogen functional groups attached to an aromatic ring is 1. The van der Waals surface area contributed by atoms with Crippen LogP contribution in [0.2, 0.25) is 5.28 Å². The maximum absolute atomic E-state index is 10.6. The normalized spacial score (nSPS) is 7.16. The van der Waals surface area contributed by atoms with E-state index in [0.29, 0.717) is 5.82 Å². The van der Waals surface area contributed by atoms with Crippen molar-refractivity contribution in [2.24, 2.45) is 0 Å². The van der Waals surface area contributed by atoms with Crippen molar-refractivity contribution in [1.82, 2.24) is 15.0 Å². The number of rotatable bonds is 1. The number of benzene rings is 1. The summed E-state index contributed by atoms with van der Waals surface area (Å²) in [4.78, 5) is 21.6.